The molecule has 0 amide bonds. The molecule has 14 heavy (non-hydrogen) atoms. The first kappa shape index (κ1) is 9.97. The number of anilines is 1. The third kappa shape index (κ3) is 2.27. The Bertz CT molecular complexity index is 321. The number of nitrogens with one attached hydrogen (secondary N) is 1. The van der Waals surface area contributed by atoms with E-state index < -0.39 is 0 Å². The van der Waals surface area contributed by atoms with Gasteiger partial charge in [0.2, 0.25) is 0 Å². The van der Waals surface area contributed by atoms with E-state index in [2.05, 4.69) is 21.2 Å². The molecule has 1 saturated carbocycles. The fourth-order valence-electron chi connectivity index (χ4n) is 1.90. The van der Waals surface area contributed by atoms with E-state index in [4.69, 9.17) is 0 Å². The summed E-state index contributed by atoms with van der Waals surface area (Å²) in [6, 6.07) is 5.61. The predicted molar refractivity (Wildman–Crippen MR) is 60.0 cm³/mol. The van der Waals surface area contributed by atoms with E-state index in [9.17, 15) is 4.39 Å². The van der Waals surface area contributed by atoms with Crippen LogP contribution in [0.1, 0.15) is 25.7 Å². The summed E-state index contributed by atoms with van der Waals surface area (Å²) in [5, 5.41) is 3.24. The molecule has 1 fully saturated rings. The van der Waals surface area contributed by atoms with Crippen LogP contribution < -0.4 is 5.32 Å². The van der Waals surface area contributed by atoms with Crippen molar-refractivity contribution in [3.8, 4) is 0 Å². The van der Waals surface area contributed by atoms with E-state index in [1.165, 1.54) is 18.9 Å². The first-order valence-electron chi connectivity index (χ1n) is 4.97. The molecular weight excluding hydrogens is 245 g/mol. The number of benzene rings is 1. The summed E-state index contributed by atoms with van der Waals surface area (Å²) in [7, 11) is 0. The van der Waals surface area contributed by atoms with Gasteiger partial charge in [0.25, 0.3) is 0 Å². The molecule has 0 saturated heterocycles. The van der Waals surface area contributed by atoms with Crippen molar-refractivity contribution in [3.05, 3.63) is 28.5 Å². The SMILES string of the molecule is Fc1cc(Br)ccc1NC1CCCC1. The molecule has 3 heteroatoms. The first-order valence-corrected chi connectivity index (χ1v) is 5.76. The van der Waals surface area contributed by atoms with E-state index in [-0.39, 0.29) is 5.82 Å². The normalized spacial score (nSPS) is 17.3. The highest BCUT2D eigenvalue weighted by molar-refractivity contribution is 9.10. The summed E-state index contributed by atoms with van der Waals surface area (Å²) in [6.45, 7) is 0. The molecule has 0 unspecified atom stereocenters. The van der Waals surface area contributed by atoms with E-state index >= 15 is 0 Å². The van der Waals surface area contributed by atoms with Crippen molar-refractivity contribution in [3.63, 3.8) is 0 Å². The molecule has 0 aromatic heterocycles. The molecule has 1 aromatic rings. The minimum Gasteiger partial charge on any atom is -0.380 e. The number of halogens is 2. The molecule has 2 rings (SSSR count). The van der Waals surface area contributed by atoms with Crippen LogP contribution in [-0.2, 0) is 0 Å². The van der Waals surface area contributed by atoms with Gasteiger partial charge in [0.15, 0.2) is 0 Å². The molecule has 1 nitrogen and oxygen atoms in total. The zero-order chi connectivity index (χ0) is 9.97. The molecule has 1 aliphatic rings. The minimum atomic E-state index is -0.175. The van der Waals surface area contributed by atoms with Crippen LogP contribution >= 0.6 is 15.9 Å². The highest BCUT2D eigenvalue weighted by atomic mass is 79.9. The summed E-state index contributed by atoms with van der Waals surface area (Å²) in [4.78, 5) is 0. The maximum atomic E-state index is 13.4. The van der Waals surface area contributed by atoms with Crippen LogP contribution in [0.25, 0.3) is 0 Å². The number of rotatable bonds is 2. The second-order valence-corrected chi connectivity index (χ2v) is 4.67. The Morgan fingerprint density at radius 1 is 1.29 bits per heavy atom. The van der Waals surface area contributed by atoms with Crippen molar-refractivity contribution >= 4 is 21.6 Å². The van der Waals surface area contributed by atoms with E-state index in [0.717, 1.165) is 17.3 Å². The van der Waals surface area contributed by atoms with Gasteiger partial charge in [-0.3, -0.25) is 0 Å². The van der Waals surface area contributed by atoms with Gasteiger partial charge < -0.3 is 5.32 Å². The molecule has 0 atom stereocenters. The third-order valence-corrected chi connectivity index (χ3v) is 3.14. The van der Waals surface area contributed by atoms with Crippen molar-refractivity contribution in [2.75, 3.05) is 5.32 Å². The molecule has 0 bridgehead atoms. The van der Waals surface area contributed by atoms with Crippen LogP contribution in [0, 0.1) is 5.82 Å². The molecule has 76 valence electrons. The highest BCUT2D eigenvalue weighted by Gasteiger charge is 2.15. The second-order valence-electron chi connectivity index (χ2n) is 3.75. The molecule has 0 spiro atoms. The van der Waals surface area contributed by atoms with Gasteiger partial charge in [0, 0.05) is 10.5 Å². The Morgan fingerprint density at radius 3 is 2.64 bits per heavy atom. The average Bonchev–Trinajstić information content (AvgIpc) is 2.62. The van der Waals surface area contributed by atoms with Crippen molar-refractivity contribution in [2.45, 2.75) is 31.7 Å². The first-order chi connectivity index (χ1) is 6.75. The maximum Gasteiger partial charge on any atom is 0.147 e. The topological polar surface area (TPSA) is 12.0 Å². The number of hydrogen-bond donors (Lipinski definition) is 1. The molecule has 1 N–H and O–H groups in total. The monoisotopic (exact) mass is 257 g/mol. The van der Waals surface area contributed by atoms with Crippen LogP contribution in [0.15, 0.2) is 22.7 Å². The third-order valence-electron chi connectivity index (χ3n) is 2.65. The van der Waals surface area contributed by atoms with Gasteiger partial charge in [0.05, 0.1) is 5.69 Å². The summed E-state index contributed by atoms with van der Waals surface area (Å²) >= 11 is 3.24. The summed E-state index contributed by atoms with van der Waals surface area (Å²) in [5.41, 5.74) is 0.625. The Morgan fingerprint density at radius 2 is 2.00 bits per heavy atom. The molecule has 1 aromatic carbocycles. The average molecular weight is 258 g/mol. The maximum absolute atomic E-state index is 13.4. The Balaban J connectivity index is 2.08. The number of hydrogen-bond acceptors (Lipinski definition) is 1. The molecule has 1 aliphatic carbocycles. The van der Waals surface area contributed by atoms with E-state index in [0.29, 0.717) is 11.7 Å². The van der Waals surface area contributed by atoms with E-state index in [1.807, 2.05) is 6.07 Å². The summed E-state index contributed by atoms with van der Waals surface area (Å²) < 4.78 is 14.2. The Kier molecular flexibility index (Phi) is 3.06. The van der Waals surface area contributed by atoms with Gasteiger partial charge in [0.1, 0.15) is 5.82 Å². The van der Waals surface area contributed by atoms with Crippen LogP contribution in [0.4, 0.5) is 10.1 Å². The summed E-state index contributed by atoms with van der Waals surface area (Å²) in [6.07, 6.45) is 4.84. The molecule has 0 heterocycles. The zero-order valence-electron chi connectivity index (χ0n) is 7.89. The Hall–Kier alpha value is -0.570. The van der Waals surface area contributed by atoms with Crippen LogP contribution in [0.5, 0.6) is 0 Å². The highest BCUT2D eigenvalue weighted by Crippen LogP contribution is 2.25. The predicted octanol–water partition coefficient (Wildman–Crippen LogP) is 3.94. The van der Waals surface area contributed by atoms with Gasteiger partial charge in [-0.25, -0.2) is 4.39 Å². The molecule has 0 radical (unpaired) electrons. The quantitative estimate of drug-likeness (QED) is 0.847. The van der Waals surface area contributed by atoms with Gasteiger partial charge in [-0.2, -0.15) is 0 Å². The lowest BCUT2D eigenvalue weighted by molar-refractivity contribution is 0.623. The van der Waals surface area contributed by atoms with Gasteiger partial charge in [-0.15, -0.1) is 0 Å². The molecular formula is C11H13BrFN. The zero-order valence-corrected chi connectivity index (χ0v) is 9.48. The minimum absolute atomic E-state index is 0.175. The lowest BCUT2D eigenvalue weighted by Gasteiger charge is -2.14. The van der Waals surface area contributed by atoms with Crippen molar-refractivity contribution in [1.82, 2.24) is 0 Å². The lowest BCUT2D eigenvalue weighted by atomic mass is 10.2. The van der Waals surface area contributed by atoms with Crippen molar-refractivity contribution < 1.29 is 4.39 Å². The van der Waals surface area contributed by atoms with Crippen molar-refractivity contribution in [1.29, 1.82) is 0 Å². The van der Waals surface area contributed by atoms with Gasteiger partial charge in [-0.05, 0) is 31.0 Å². The smallest absolute Gasteiger partial charge is 0.147 e. The second kappa shape index (κ2) is 4.30. The standard InChI is InChI=1S/C11H13BrFN/c12-8-5-6-11(10(13)7-8)14-9-3-1-2-4-9/h5-7,9,14H,1-4H2. The van der Waals surface area contributed by atoms with E-state index in [1.54, 1.807) is 6.07 Å². The van der Waals surface area contributed by atoms with Gasteiger partial charge >= 0.3 is 0 Å². The Labute approximate surface area is 91.8 Å². The van der Waals surface area contributed by atoms with Gasteiger partial charge in [-0.1, -0.05) is 28.8 Å². The van der Waals surface area contributed by atoms with Crippen LogP contribution in [-0.4, -0.2) is 6.04 Å². The van der Waals surface area contributed by atoms with Crippen molar-refractivity contribution in [2.24, 2.45) is 0 Å². The van der Waals surface area contributed by atoms with Crippen LogP contribution in [0.3, 0.4) is 0 Å². The fourth-order valence-corrected chi connectivity index (χ4v) is 2.23. The summed E-state index contributed by atoms with van der Waals surface area (Å²) in [5.74, 6) is -0.175. The largest absolute Gasteiger partial charge is 0.380 e. The fraction of sp³-hybridized carbons (Fsp3) is 0.455. The molecule has 0 aliphatic heterocycles. The van der Waals surface area contributed by atoms with Crippen LogP contribution in [0.2, 0.25) is 0 Å². The lowest BCUT2D eigenvalue weighted by Crippen LogP contribution is -2.15.